The quantitative estimate of drug-likeness (QED) is 0.731. The van der Waals surface area contributed by atoms with E-state index in [0.717, 1.165) is 0 Å². The van der Waals surface area contributed by atoms with Gasteiger partial charge in [0.2, 0.25) is 0 Å². The van der Waals surface area contributed by atoms with Crippen molar-refractivity contribution in [3.8, 4) is 0 Å². The third-order valence-corrected chi connectivity index (χ3v) is 5.64. The highest BCUT2D eigenvalue weighted by Gasteiger charge is 2.22. The summed E-state index contributed by atoms with van der Waals surface area (Å²) in [6.45, 7) is 1.76. The van der Waals surface area contributed by atoms with Crippen molar-refractivity contribution in [1.82, 2.24) is 9.79 Å². The number of benzene rings is 2. The van der Waals surface area contributed by atoms with Crippen LogP contribution in [0.5, 0.6) is 0 Å². The summed E-state index contributed by atoms with van der Waals surface area (Å²) in [5.74, 6) is -0.871. The molecule has 0 aliphatic carbocycles. The molecule has 0 saturated carbocycles. The van der Waals surface area contributed by atoms with Crippen molar-refractivity contribution in [3.63, 3.8) is 0 Å². The summed E-state index contributed by atoms with van der Waals surface area (Å²) >= 11 is 0. The summed E-state index contributed by atoms with van der Waals surface area (Å²) in [6, 6.07) is 10.6. The number of carbonyl (C=O) groups is 2. The largest absolute Gasteiger partial charge is 0.355 e. The molecule has 8 nitrogen and oxygen atoms in total. The average molecular weight is 391 g/mol. The molecule has 0 heterocycles. The molecule has 2 amide bonds. The van der Waals surface area contributed by atoms with E-state index in [2.05, 4.69) is 10.6 Å². The van der Waals surface area contributed by atoms with Gasteiger partial charge in [-0.1, -0.05) is 22.7 Å². The number of carbonyl (C=O) groups excluding carboxylic acids is 2. The van der Waals surface area contributed by atoms with Gasteiger partial charge >= 0.3 is 0 Å². The fourth-order valence-electron chi connectivity index (χ4n) is 2.44. The Bertz CT molecular complexity index is 973. The van der Waals surface area contributed by atoms with E-state index in [0.29, 0.717) is 21.3 Å². The smallest absolute Gasteiger partial charge is 0.264 e. The first kappa shape index (κ1) is 20.6. The Labute approximate surface area is 158 Å². The Balaban J connectivity index is 2.38. The predicted octanol–water partition coefficient (Wildman–Crippen LogP) is 1.79. The number of rotatable bonds is 6. The molecule has 0 aliphatic heterocycles. The first-order chi connectivity index (χ1) is 12.7. The summed E-state index contributed by atoms with van der Waals surface area (Å²) in [5.41, 5.74) is 1.51. The van der Waals surface area contributed by atoms with Crippen LogP contribution in [0.1, 0.15) is 26.3 Å². The van der Waals surface area contributed by atoms with Crippen LogP contribution in [0, 0.1) is 6.92 Å². The fraction of sp³-hybridized carbons (Fsp3) is 0.222. The number of nitrogens with one attached hydrogen (secondary N) is 2. The van der Waals surface area contributed by atoms with Gasteiger partial charge in [-0.05, 0) is 36.8 Å². The molecule has 0 unspecified atom stereocenters. The molecule has 0 radical (unpaired) electrons. The number of anilines is 1. The van der Waals surface area contributed by atoms with Gasteiger partial charge in [-0.15, -0.1) is 0 Å². The Morgan fingerprint density at radius 3 is 2.37 bits per heavy atom. The van der Waals surface area contributed by atoms with Crippen LogP contribution >= 0.6 is 0 Å². The maximum atomic E-state index is 12.6. The van der Waals surface area contributed by atoms with Crippen LogP contribution in [0.25, 0.3) is 0 Å². The second kappa shape index (κ2) is 8.30. The Hall–Kier alpha value is -2.75. The molecule has 27 heavy (non-hydrogen) atoms. The fourth-order valence-corrected chi connectivity index (χ4v) is 3.46. The van der Waals surface area contributed by atoms with Crippen LogP contribution in [0.4, 0.5) is 5.69 Å². The van der Waals surface area contributed by atoms with Gasteiger partial charge < -0.3 is 10.6 Å². The van der Waals surface area contributed by atoms with E-state index in [1.54, 1.807) is 25.1 Å². The molecule has 0 aromatic heterocycles. The number of amides is 2. The highest BCUT2D eigenvalue weighted by molar-refractivity contribution is 7.89. The summed E-state index contributed by atoms with van der Waals surface area (Å²) in [6.07, 6.45) is 0. The van der Waals surface area contributed by atoms with Crippen molar-refractivity contribution < 1.29 is 22.8 Å². The lowest BCUT2D eigenvalue weighted by Crippen LogP contribution is -2.26. The van der Waals surface area contributed by atoms with Crippen molar-refractivity contribution in [2.24, 2.45) is 0 Å². The molecule has 2 rings (SSSR count). The molecule has 0 bridgehead atoms. The third-order valence-electron chi connectivity index (χ3n) is 3.96. The Kier molecular flexibility index (Phi) is 6.32. The van der Waals surface area contributed by atoms with E-state index >= 15 is 0 Å². The molecular formula is C18H21N3O5S. The maximum absolute atomic E-state index is 12.6. The number of hydrogen-bond acceptors (Lipinski definition) is 5. The zero-order chi connectivity index (χ0) is 20.2. The highest BCUT2D eigenvalue weighted by Crippen LogP contribution is 2.21. The van der Waals surface area contributed by atoms with Gasteiger partial charge in [0, 0.05) is 19.7 Å². The Morgan fingerprint density at radius 1 is 1.07 bits per heavy atom. The third kappa shape index (κ3) is 4.33. The van der Waals surface area contributed by atoms with Crippen molar-refractivity contribution in [1.29, 1.82) is 0 Å². The van der Waals surface area contributed by atoms with Gasteiger partial charge in [-0.2, -0.15) is 0 Å². The molecule has 2 aromatic rings. The second-order valence-electron chi connectivity index (χ2n) is 5.66. The summed E-state index contributed by atoms with van der Waals surface area (Å²) < 4.78 is 25.4. The molecule has 2 N–H and O–H groups in total. The molecule has 0 saturated heterocycles. The monoisotopic (exact) mass is 391 g/mol. The van der Waals surface area contributed by atoms with Crippen LogP contribution in [0.3, 0.4) is 0 Å². The van der Waals surface area contributed by atoms with Gasteiger partial charge in [-0.3, -0.25) is 14.4 Å². The molecule has 0 atom stereocenters. The number of nitrogens with zero attached hydrogens (tertiary/aromatic N) is 1. The minimum Gasteiger partial charge on any atom is -0.355 e. The Morgan fingerprint density at radius 2 is 1.74 bits per heavy atom. The highest BCUT2D eigenvalue weighted by atomic mass is 32.2. The predicted molar refractivity (Wildman–Crippen MR) is 101 cm³/mol. The van der Waals surface area contributed by atoms with E-state index < -0.39 is 15.9 Å². The molecule has 144 valence electrons. The normalized spacial score (nSPS) is 11.3. The first-order valence-electron chi connectivity index (χ1n) is 7.98. The number of hydrogen-bond donors (Lipinski definition) is 2. The van der Waals surface area contributed by atoms with Gasteiger partial charge in [-0.25, -0.2) is 8.42 Å². The number of sulfonamides is 1. The lowest BCUT2D eigenvalue weighted by molar-refractivity contribution is -0.0258. The SMILES string of the molecule is CNC(=O)c1c(C)cccc1NC(=O)c1cccc(S(=O)(=O)N(C)OC)c1. The minimum atomic E-state index is -3.88. The molecule has 0 spiro atoms. The first-order valence-corrected chi connectivity index (χ1v) is 9.42. The van der Waals surface area contributed by atoms with Crippen LogP contribution in [0.2, 0.25) is 0 Å². The topological polar surface area (TPSA) is 105 Å². The zero-order valence-corrected chi connectivity index (χ0v) is 16.3. The van der Waals surface area contributed by atoms with Crippen molar-refractivity contribution in [2.75, 3.05) is 26.5 Å². The van der Waals surface area contributed by atoms with E-state index in [9.17, 15) is 18.0 Å². The molecule has 0 aliphatic rings. The molecule has 9 heteroatoms. The number of hydroxylamine groups is 1. The van der Waals surface area contributed by atoms with E-state index in [1.807, 2.05) is 0 Å². The molecule has 0 fully saturated rings. The number of aryl methyl sites for hydroxylation is 1. The van der Waals surface area contributed by atoms with E-state index in [1.165, 1.54) is 45.5 Å². The van der Waals surface area contributed by atoms with Crippen molar-refractivity contribution in [2.45, 2.75) is 11.8 Å². The van der Waals surface area contributed by atoms with E-state index in [-0.39, 0.29) is 16.4 Å². The van der Waals surface area contributed by atoms with Crippen LogP contribution < -0.4 is 10.6 Å². The van der Waals surface area contributed by atoms with Crippen molar-refractivity contribution in [3.05, 3.63) is 59.2 Å². The molecular weight excluding hydrogens is 370 g/mol. The van der Waals surface area contributed by atoms with E-state index in [4.69, 9.17) is 4.84 Å². The van der Waals surface area contributed by atoms with Crippen LogP contribution in [-0.4, -0.2) is 45.9 Å². The lowest BCUT2D eigenvalue weighted by Gasteiger charge is -2.15. The zero-order valence-electron chi connectivity index (χ0n) is 15.4. The average Bonchev–Trinajstić information content (AvgIpc) is 2.66. The van der Waals surface area contributed by atoms with Crippen LogP contribution in [-0.2, 0) is 14.9 Å². The summed E-state index contributed by atoms with van der Waals surface area (Å²) in [5, 5.41) is 5.20. The maximum Gasteiger partial charge on any atom is 0.264 e. The standard InChI is InChI=1S/C18H21N3O5S/c1-12-7-5-10-15(16(12)18(23)19-2)20-17(22)13-8-6-9-14(11-13)27(24,25)21(3)26-4/h5-11H,1-4H3,(H,19,23)(H,20,22). The van der Waals surface area contributed by atoms with Gasteiger partial charge in [0.25, 0.3) is 21.8 Å². The second-order valence-corrected chi connectivity index (χ2v) is 7.59. The molecule has 2 aromatic carbocycles. The minimum absolute atomic E-state index is 0.0877. The van der Waals surface area contributed by atoms with Crippen LogP contribution in [0.15, 0.2) is 47.4 Å². The lowest BCUT2D eigenvalue weighted by atomic mass is 10.1. The van der Waals surface area contributed by atoms with Gasteiger partial charge in [0.1, 0.15) is 0 Å². The van der Waals surface area contributed by atoms with Crippen molar-refractivity contribution >= 4 is 27.5 Å². The van der Waals surface area contributed by atoms with Gasteiger partial charge in [0.15, 0.2) is 0 Å². The van der Waals surface area contributed by atoms with Gasteiger partial charge in [0.05, 0.1) is 23.3 Å². The summed E-state index contributed by atoms with van der Waals surface area (Å²) in [7, 11) is 0.101. The summed E-state index contributed by atoms with van der Waals surface area (Å²) in [4.78, 5) is 29.4.